The Balaban J connectivity index is 1.99. The molecule has 1 saturated heterocycles. The van der Waals surface area contributed by atoms with E-state index in [0.29, 0.717) is 5.96 Å². The number of hydrogen-bond acceptors (Lipinski definition) is 5. The second kappa shape index (κ2) is 6.09. The summed E-state index contributed by atoms with van der Waals surface area (Å²) in [6.07, 6.45) is 1.87. The highest BCUT2D eigenvalue weighted by Gasteiger charge is 2.44. The molecule has 2 amide bonds. The average Bonchev–Trinajstić information content (AvgIpc) is 2.73. The van der Waals surface area contributed by atoms with Crippen molar-refractivity contribution in [2.75, 3.05) is 60.9 Å². The van der Waals surface area contributed by atoms with Crippen LogP contribution in [0.3, 0.4) is 0 Å². The lowest BCUT2D eigenvalue weighted by Crippen LogP contribution is -2.59. The monoisotopic (exact) mass is 296 g/mol. The number of nitrogens with zero attached hydrogens (tertiary/aromatic N) is 5. The fraction of sp³-hybridized carbons (Fsp3) is 0.857. The van der Waals surface area contributed by atoms with Gasteiger partial charge in [-0.2, -0.15) is 0 Å². The third kappa shape index (κ3) is 3.23. The highest BCUT2D eigenvalue weighted by Crippen LogP contribution is 2.33. The Hall–Kier alpha value is -1.50. The van der Waals surface area contributed by atoms with E-state index in [1.54, 1.807) is 19.0 Å². The van der Waals surface area contributed by atoms with Gasteiger partial charge in [-0.1, -0.05) is 0 Å². The van der Waals surface area contributed by atoms with Gasteiger partial charge < -0.3 is 25.3 Å². The van der Waals surface area contributed by atoms with E-state index in [4.69, 9.17) is 5.73 Å². The first-order valence-electron chi connectivity index (χ1n) is 7.54. The van der Waals surface area contributed by atoms with Crippen LogP contribution in [0.5, 0.6) is 0 Å². The number of carbonyl (C=O) groups excluding carboxylic acids is 1. The summed E-state index contributed by atoms with van der Waals surface area (Å²) in [5.74, 6) is 0.657. The number of rotatable bonds is 3. The van der Waals surface area contributed by atoms with Crippen LogP contribution in [0.1, 0.15) is 12.8 Å². The summed E-state index contributed by atoms with van der Waals surface area (Å²) >= 11 is 0. The van der Waals surface area contributed by atoms with Crippen molar-refractivity contribution >= 4 is 12.0 Å². The fourth-order valence-electron chi connectivity index (χ4n) is 3.12. The number of likely N-dealkylation sites (tertiary alicyclic amines) is 1. The number of nitrogens with two attached hydrogens (primary N) is 1. The molecular weight excluding hydrogens is 268 g/mol. The molecule has 1 spiro atoms. The van der Waals surface area contributed by atoms with Crippen molar-refractivity contribution in [3.63, 3.8) is 0 Å². The van der Waals surface area contributed by atoms with Gasteiger partial charge in [0.25, 0.3) is 0 Å². The molecule has 0 unspecified atom stereocenters. The summed E-state index contributed by atoms with van der Waals surface area (Å²) < 4.78 is 0. The lowest BCUT2D eigenvalue weighted by molar-refractivity contribution is 0.0858. The molecule has 2 N–H and O–H groups in total. The van der Waals surface area contributed by atoms with Gasteiger partial charge in [0.05, 0.1) is 12.1 Å². The van der Waals surface area contributed by atoms with Crippen molar-refractivity contribution in [2.24, 2.45) is 10.7 Å². The maximum atomic E-state index is 12.0. The second-order valence-electron chi connectivity index (χ2n) is 6.52. The molecule has 0 aromatic carbocycles. The third-order valence-electron chi connectivity index (χ3n) is 4.50. The van der Waals surface area contributed by atoms with Gasteiger partial charge in [-0.15, -0.1) is 0 Å². The normalized spacial score (nSPS) is 21.1. The molecule has 2 rings (SSSR count). The summed E-state index contributed by atoms with van der Waals surface area (Å²) in [6.45, 7) is 4.16. The number of likely N-dealkylation sites (N-methyl/N-ethyl adjacent to an activating group) is 1. The SMILES string of the molecule is CN(C)CCN1C(N)=NCC12CCN(C(=O)N(C)C)CC2. The molecule has 21 heavy (non-hydrogen) atoms. The van der Waals surface area contributed by atoms with Crippen molar-refractivity contribution < 1.29 is 4.79 Å². The standard InChI is InChI=1S/C14H28N6O/c1-17(2)9-10-20-12(15)16-11-14(20)5-7-19(8-6-14)13(21)18(3)4/h5-11H2,1-4H3,(H2,15,16). The Morgan fingerprint density at radius 3 is 2.43 bits per heavy atom. The van der Waals surface area contributed by atoms with Gasteiger partial charge >= 0.3 is 6.03 Å². The highest BCUT2D eigenvalue weighted by molar-refractivity contribution is 5.81. The number of urea groups is 1. The molecule has 2 aliphatic heterocycles. The third-order valence-corrected chi connectivity index (χ3v) is 4.50. The minimum atomic E-state index is 0.0170. The van der Waals surface area contributed by atoms with Crippen molar-refractivity contribution in [2.45, 2.75) is 18.4 Å². The topological polar surface area (TPSA) is 68.4 Å². The molecule has 0 aromatic rings. The lowest BCUT2D eigenvalue weighted by atomic mass is 9.86. The number of guanidine groups is 1. The maximum Gasteiger partial charge on any atom is 0.319 e. The van der Waals surface area contributed by atoms with Crippen LogP contribution in [0.25, 0.3) is 0 Å². The Kier molecular flexibility index (Phi) is 4.61. The minimum Gasteiger partial charge on any atom is -0.370 e. The van der Waals surface area contributed by atoms with Crippen LogP contribution in [0.15, 0.2) is 4.99 Å². The van der Waals surface area contributed by atoms with E-state index in [-0.39, 0.29) is 11.6 Å². The van der Waals surface area contributed by atoms with E-state index in [9.17, 15) is 4.79 Å². The molecule has 0 radical (unpaired) electrons. The predicted molar refractivity (Wildman–Crippen MR) is 84.4 cm³/mol. The van der Waals surface area contributed by atoms with Crippen LogP contribution in [-0.4, -0.2) is 98.0 Å². The largest absolute Gasteiger partial charge is 0.370 e. The molecule has 0 aromatic heterocycles. The lowest BCUT2D eigenvalue weighted by Gasteiger charge is -2.45. The van der Waals surface area contributed by atoms with Crippen LogP contribution >= 0.6 is 0 Å². The zero-order chi connectivity index (χ0) is 15.6. The van der Waals surface area contributed by atoms with Crippen LogP contribution in [-0.2, 0) is 0 Å². The Morgan fingerprint density at radius 2 is 1.90 bits per heavy atom. The zero-order valence-electron chi connectivity index (χ0n) is 13.7. The summed E-state index contributed by atoms with van der Waals surface area (Å²) in [5, 5.41) is 0. The van der Waals surface area contributed by atoms with Crippen molar-refractivity contribution in [1.29, 1.82) is 0 Å². The first-order chi connectivity index (χ1) is 9.85. The molecule has 2 aliphatic rings. The summed E-state index contributed by atoms with van der Waals surface area (Å²) in [7, 11) is 7.72. The first-order valence-corrected chi connectivity index (χ1v) is 7.54. The fourth-order valence-corrected chi connectivity index (χ4v) is 3.12. The first kappa shape index (κ1) is 15.9. The summed E-state index contributed by atoms with van der Waals surface area (Å²) in [4.78, 5) is 24.5. The van der Waals surface area contributed by atoms with Gasteiger partial charge in [-0.25, -0.2) is 4.79 Å². The maximum absolute atomic E-state index is 12.0. The van der Waals surface area contributed by atoms with E-state index < -0.39 is 0 Å². The molecule has 0 bridgehead atoms. The quantitative estimate of drug-likeness (QED) is 0.776. The van der Waals surface area contributed by atoms with Crippen LogP contribution < -0.4 is 5.73 Å². The Morgan fingerprint density at radius 1 is 1.29 bits per heavy atom. The number of carbonyl (C=O) groups is 1. The van der Waals surface area contributed by atoms with Gasteiger partial charge in [0.15, 0.2) is 5.96 Å². The summed E-state index contributed by atoms with van der Waals surface area (Å²) in [6, 6.07) is 0.0941. The second-order valence-corrected chi connectivity index (χ2v) is 6.52. The average molecular weight is 296 g/mol. The van der Waals surface area contributed by atoms with Crippen molar-refractivity contribution in [3.05, 3.63) is 0 Å². The van der Waals surface area contributed by atoms with E-state index in [0.717, 1.165) is 45.6 Å². The zero-order valence-corrected chi connectivity index (χ0v) is 13.7. The molecule has 0 aliphatic carbocycles. The van der Waals surface area contributed by atoms with Crippen molar-refractivity contribution in [1.82, 2.24) is 19.6 Å². The van der Waals surface area contributed by atoms with E-state index in [1.807, 2.05) is 4.90 Å². The van der Waals surface area contributed by atoms with E-state index >= 15 is 0 Å². The van der Waals surface area contributed by atoms with Gasteiger partial charge in [0.1, 0.15) is 0 Å². The van der Waals surface area contributed by atoms with Gasteiger partial charge in [0, 0.05) is 40.3 Å². The van der Waals surface area contributed by atoms with Crippen LogP contribution in [0, 0.1) is 0 Å². The van der Waals surface area contributed by atoms with Crippen LogP contribution in [0.2, 0.25) is 0 Å². The molecule has 7 heteroatoms. The molecule has 0 atom stereocenters. The number of piperidine rings is 1. The molecule has 0 saturated carbocycles. The van der Waals surface area contributed by atoms with Gasteiger partial charge in [0.2, 0.25) is 0 Å². The molecule has 2 heterocycles. The number of aliphatic imine (C=N–C) groups is 1. The molecule has 7 nitrogen and oxygen atoms in total. The highest BCUT2D eigenvalue weighted by atomic mass is 16.2. The Bertz CT molecular complexity index is 412. The molecule has 120 valence electrons. The minimum absolute atomic E-state index is 0.0170. The predicted octanol–water partition coefficient (Wildman–Crippen LogP) is -0.305. The van der Waals surface area contributed by atoms with Crippen LogP contribution in [0.4, 0.5) is 4.79 Å². The number of hydrogen-bond donors (Lipinski definition) is 1. The van der Waals surface area contributed by atoms with Gasteiger partial charge in [-0.05, 0) is 26.9 Å². The number of amides is 2. The summed E-state index contributed by atoms with van der Waals surface area (Å²) in [5.41, 5.74) is 6.10. The van der Waals surface area contributed by atoms with Gasteiger partial charge in [-0.3, -0.25) is 4.99 Å². The molecule has 1 fully saturated rings. The molecular formula is C14H28N6O. The van der Waals surface area contributed by atoms with E-state index in [2.05, 4.69) is 28.9 Å². The van der Waals surface area contributed by atoms with Crippen molar-refractivity contribution in [3.8, 4) is 0 Å². The Labute approximate surface area is 127 Å². The smallest absolute Gasteiger partial charge is 0.319 e. The van der Waals surface area contributed by atoms with E-state index in [1.165, 1.54) is 0 Å².